The summed E-state index contributed by atoms with van der Waals surface area (Å²) in [7, 11) is 1.43. The van der Waals surface area contributed by atoms with Crippen LogP contribution in [-0.4, -0.2) is 24.8 Å². The maximum Gasteiger partial charge on any atom is 0.308 e. The van der Waals surface area contributed by atoms with Gasteiger partial charge in [0.1, 0.15) is 0 Å². The lowest BCUT2D eigenvalue weighted by Gasteiger charge is -2.37. The van der Waals surface area contributed by atoms with E-state index in [1.807, 2.05) is 20.8 Å². The first-order valence-corrected chi connectivity index (χ1v) is 4.68. The van der Waals surface area contributed by atoms with Gasteiger partial charge < -0.3 is 9.47 Å². The second kappa shape index (κ2) is 3.66. The van der Waals surface area contributed by atoms with E-state index in [1.54, 1.807) is 0 Å². The van der Waals surface area contributed by atoms with Gasteiger partial charge in [-0.05, 0) is 33.6 Å². The zero-order valence-electron chi connectivity index (χ0n) is 8.79. The molecule has 0 radical (unpaired) electrons. The molecular formula is C10H18O3. The summed E-state index contributed by atoms with van der Waals surface area (Å²) in [5.74, 6) is -0.0360. The largest absolute Gasteiger partial charge is 0.469 e. The fourth-order valence-corrected chi connectivity index (χ4v) is 1.52. The highest BCUT2D eigenvalue weighted by molar-refractivity contribution is 5.73. The first-order chi connectivity index (χ1) is 5.92. The molecule has 0 spiro atoms. The summed E-state index contributed by atoms with van der Waals surface area (Å²) in [4.78, 5) is 11.0. The Morgan fingerprint density at radius 1 is 1.31 bits per heavy atom. The molecule has 0 unspecified atom stereocenters. The van der Waals surface area contributed by atoms with Crippen LogP contribution in [0.25, 0.3) is 0 Å². The van der Waals surface area contributed by atoms with Gasteiger partial charge in [0.15, 0.2) is 0 Å². The second-order valence-electron chi connectivity index (χ2n) is 4.54. The predicted octanol–water partition coefficient (Wildman–Crippen LogP) is 1.75. The maximum absolute atomic E-state index is 11.0. The fraction of sp³-hybridized carbons (Fsp3) is 0.900. The molecule has 1 aliphatic carbocycles. The Morgan fingerprint density at radius 3 is 2.23 bits per heavy atom. The van der Waals surface area contributed by atoms with E-state index in [-0.39, 0.29) is 23.6 Å². The van der Waals surface area contributed by atoms with Crippen molar-refractivity contribution in [1.29, 1.82) is 0 Å². The molecule has 1 fully saturated rings. The van der Waals surface area contributed by atoms with E-state index in [2.05, 4.69) is 4.74 Å². The molecule has 0 N–H and O–H groups in total. The molecule has 3 nitrogen and oxygen atoms in total. The van der Waals surface area contributed by atoms with Gasteiger partial charge in [-0.1, -0.05) is 0 Å². The molecule has 0 heterocycles. The third-order valence-corrected chi connectivity index (χ3v) is 2.15. The van der Waals surface area contributed by atoms with E-state index >= 15 is 0 Å². The molecule has 1 saturated carbocycles. The first-order valence-electron chi connectivity index (χ1n) is 4.68. The smallest absolute Gasteiger partial charge is 0.308 e. The van der Waals surface area contributed by atoms with Crippen LogP contribution >= 0.6 is 0 Å². The molecular weight excluding hydrogens is 168 g/mol. The first kappa shape index (κ1) is 10.5. The van der Waals surface area contributed by atoms with Crippen molar-refractivity contribution >= 4 is 5.97 Å². The van der Waals surface area contributed by atoms with Crippen molar-refractivity contribution < 1.29 is 14.3 Å². The van der Waals surface area contributed by atoms with Crippen molar-refractivity contribution in [2.75, 3.05) is 7.11 Å². The summed E-state index contributed by atoms with van der Waals surface area (Å²) < 4.78 is 10.3. The van der Waals surface area contributed by atoms with Gasteiger partial charge in [0.05, 0.1) is 24.7 Å². The van der Waals surface area contributed by atoms with Gasteiger partial charge in [0.25, 0.3) is 0 Å². The van der Waals surface area contributed by atoms with E-state index < -0.39 is 0 Å². The van der Waals surface area contributed by atoms with Crippen LogP contribution in [0, 0.1) is 5.92 Å². The summed E-state index contributed by atoms with van der Waals surface area (Å²) >= 11 is 0. The van der Waals surface area contributed by atoms with Gasteiger partial charge >= 0.3 is 5.97 Å². The average Bonchev–Trinajstić information content (AvgIpc) is 1.92. The van der Waals surface area contributed by atoms with Crippen LogP contribution in [-0.2, 0) is 14.3 Å². The van der Waals surface area contributed by atoms with Crippen LogP contribution in [0.2, 0.25) is 0 Å². The monoisotopic (exact) mass is 186 g/mol. The van der Waals surface area contributed by atoms with Gasteiger partial charge in [0, 0.05) is 0 Å². The number of carbonyl (C=O) groups is 1. The summed E-state index contributed by atoms with van der Waals surface area (Å²) in [5.41, 5.74) is -0.105. The molecule has 1 aliphatic rings. The van der Waals surface area contributed by atoms with Gasteiger partial charge in [-0.25, -0.2) is 0 Å². The average molecular weight is 186 g/mol. The fourth-order valence-electron chi connectivity index (χ4n) is 1.52. The van der Waals surface area contributed by atoms with Gasteiger partial charge in [0.2, 0.25) is 0 Å². The Labute approximate surface area is 79.4 Å². The van der Waals surface area contributed by atoms with Gasteiger partial charge in [-0.3, -0.25) is 4.79 Å². The standard InChI is InChI=1S/C10H18O3/c1-10(2,3)13-8-5-7(6-8)9(11)12-4/h7-8H,5-6H2,1-4H3. The van der Waals surface area contributed by atoms with E-state index in [4.69, 9.17) is 4.74 Å². The number of ether oxygens (including phenoxy) is 2. The third kappa shape index (κ3) is 2.99. The third-order valence-electron chi connectivity index (χ3n) is 2.15. The SMILES string of the molecule is COC(=O)C1CC(OC(C)(C)C)C1. The van der Waals surface area contributed by atoms with Crippen LogP contribution in [0.3, 0.4) is 0 Å². The van der Waals surface area contributed by atoms with E-state index in [0.29, 0.717) is 0 Å². The van der Waals surface area contributed by atoms with Crippen molar-refractivity contribution in [2.45, 2.75) is 45.3 Å². The Bertz CT molecular complexity index is 187. The van der Waals surface area contributed by atoms with Crippen molar-refractivity contribution in [3.05, 3.63) is 0 Å². The molecule has 1 rings (SSSR count). The highest BCUT2D eigenvalue weighted by Gasteiger charge is 2.37. The minimum absolute atomic E-state index is 0.0670. The van der Waals surface area contributed by atoms with E-state index in [0.717, 1.165) is 12.8 Å². The molecule has 0 atom stereocenters. The normalized spacial score (nSPS) is 28.0. The summed E-state index contributed by atoms with van der Waals surface area (Å²) in [6, 6.07) is 0. The van der Waals surface area contributed by atoms with Gasteiger partial charge in [-0.2, -0.15) is 0 Å². The van der Waals surface area contributed by atoms with Crippen molar-refractivity contribution in [3.8, 4) is 0 Å². The second-order valence-corrected chi connectivity index (χ2v) is 4.54. The zero-order chi connectivity index (χ0) is 10.1. The van der Waals surface area contributed by atoms with E-state index in [1.165, 1.54) is 7.11 Å². The Hall–Kier alpha value is -0.570. The number of esters is 1. The van der Waals surface area contributed by atoms with Crippen molar-refractivity contribution in [1.82, 2.24) is 0 Å². The number of hydrogen-bond donors (Lipinski definition) is 0. The summed E-state index contributed by atoms with van der Waals surface area (Å²) in [5, 5.41) is 0. The molecule has 0 aromatic carbocycles. The van der Waals surface area contributed by atoms with Crippen molar-refractivity contribution in [2.24, 2.45) is 5.92 Å². The zero-order valence-corrected chi connectivity index (χ0v) is 8.79. The number of methoxy groups -OCH3 is 1. The molecule has 0 bridgehead atoms. The lowest BCUT2D eigenvalue weighted by Crippen LogP contribution is -2.41. The Kier molecular flexibility index (Phi) is 2.96. The number of hydrogen-bond acceptors (Lipinski definition) is 3. The molecule has 0 aromatic heterocycles. The quantitative estimate of drug-likeness (QED) is 0.616. The molecule has 0 saturated heterocycles. The molecule has 3 heteroatoms. The lowest BCUT2D eigenvalue weighted by molar-refractivity contribution is -0.162. The predicted molar refractivity (Wildman–Crippen MR) is 49.4 cm³/mol. The maximum atomic E-state index is 11.0. The summed E-state index contributed by atoms with van der Waals surface area (Å²) in [6.45, 7) is 6.08. The van der Waals surface area contributed by atoms with Crippen LogP contribution < -0.4 is 0 Å². The van der Waals surface area contributed by atoms with Crippen LogP contribution in [0.4, 0.5) is 0 Å². The Balaban J connectivity index is 2.22. The van der Waals surface area contributed by atoms with Crippen molar-refractivity contribution in [3.63, 3.8) is 0 Å². The molecule has 76 valence electrons. The minimum atomic E-state index is -0.105. The highest BCUT2D eigenvalue weighted by Crippen LogP contribution is 2.33. The van der Waals surface area contributed by atoms with E-state index in [9.17, 15) is 4.79 Å². The highest BCUT2D eigenvalue weighted by atomic mass is 16.5. The van der Waals surface area contributed by atoms with Crippen LogP contribution in [0.15, 0.2) is 0 Å². The molecule has 0 aliphatic heterocycles. The lowest BCUT2D eigenvalue weighted by atomic mass is 9.82. The molecule has 0 aromatic rings. The molecule has 0 amide bonds. The Morgan fingerprint density at radius 2 is 1.85 bits per heavy atom. The number of rotatable bonds is 2. The van der Waals surface area contributed by atoms with Crippen LogP contribution in [0.1, 0.15) is 33.6 Å². The minimum Gasteiger partial charge on any atom is -0.469 e. The van der Waals surface area contributed by atoms with Crippen LogP contribution in [0.5, 0.6) is 0 Å². The topological polar surface area (TPSA) is 35.5 Å². The van der Waals surface area contributed by atoms with Gasteiger partial charge in [-0.15, -0.1) is 0 Å². The molecule has 13 heavy (non-hydrogen) atoms. The summed E-state index contributed by atoms with van der Waals surface area (Å²) in [6.07, 6.45) is 1.86. The number of carbonyl (C=O) groups excluding carboxylic acids is 1.